The molecule has 0 heterocycles. The second-order valence-corrected chi connectivity index (χ2v) is 4.83. The van der Waals surface area contributed by atoms with E-state index in [1.165, 1.54) is 0 Å². The van der Waals surface area contributed by atoms with Crippen molar-refractivity contribution in [3.63, 3.8) is 0 Å². The number of anilines is 1. The Labute approximate surface area is 103 Å². The highest BCUT2D eigenvalue weighted by atomic mass is 79.9. The average Bonchev–Trinajstić information content (AvgIpc) is 2.20. The first-order valence-corrected chi connectivity index (χ1v) is 6.01. The summed E-state index contributed by atoms with van der Waals surface area (Å²) in [6.07, 6.45) is 0.867. The van der Waals surface area contributed by atoms with E-state index in [9.17, 15) is 4.79 Å². The normalized spacial score (nSPS) is 12.3. The van der Waals surface area contributed by atoms with Crippen LogP contribution in [0.3, 0.4) is 0 Å². The molecular formula is C11H13BrClNO. The number of hydrogen-bond acceptors (Lipinski definition) is 1. The van der Waals surface area contributed by atoms with Gasteiger partial charge < -0.3 is 5.32 Å². The SMILES string of the molecule is CCc1cc(Br)ccc1NC(=O)[C@H](C)Cl. The highest BCUT2D eigenvalue weighted by molar-refractivity contribution is 9.10. The van der Waals surface area contributed by atoms with Crippen LogP contribution in [-0.4, -0.2) is 11.3 Å². The Kier molecular flexibility index (Phi) is 4.61. The lowest BCUT2D eigenvalue weighted by atomic mass is 10.1. The molecule has 15 heavy (non-hydrogen) atoms. The third kappa shape index (κ3) is 3.50. The summed E-state index contributed by atoms with van der Waals surface area (Å²) < 4.78 is 1.01. The summed E-state index contributed by atoms with van der Waals surface area (Å²) >= 11 is 9.08. The molecule has 82 valence electrons. The van der Waals surface area contributed by atoms with Crippen molar-refractivity contribution in [2.45, 2.75) is 25.6 Å². The molecule has 0 aliphatic carbocycles. The zero-order valence-electron chi connectivity index (χ0n) is 8.68. The smallest absolute Gasteiger partial charge is 0.242 e. The number of aryl methyl sites for hydroxylation is 1. The van der Waals surface area contributed by atoms with Gasteiger partial charge in [0.2, 0.25) is 5.91 Å². The van der Waals surface area contributed by atoms with Crippen LogP contribution in [0.1, 0.15) is 19.4 Å². The number of carbonyl (C=O) groups excluding carboxylic acids is 1. The van der Waals surface area contributed by atoms with Crippen LogP contribution in [0.25, 0.3) is 0 Å². The van der Waals surface area contributed by atoms with Gasteiger partial charge in [-0.1, -0.05) is 22.9 Å². The van der Waals surface area contributed by atoms with Gasteiger partial charge in [0.25, 0.3) is 0 Å². The average molecular weight is 291 g/mol. The standard InChI is InChI=1S/C11H13BrClNO/c1-3-8-6-9(12)4-5-10(8)14-11(15)7(2)13/h4-7H,3H2,1-2H3,(H,14,15)/t7-/m0/s1. The molecule has 0 aliphatic heterocycles. The number of carbonyl (C=O) groups is 1. The summed E-state index contributed by atoms with van der Waals surface area (Å²) in [5, 5.41) is 2.28. The minimum absolute atomic E-state index is 0.173. The van der Waals surface area contributed by atoms with Gasteiger partial charge in [0.15, 0.2) is 0 Å². The molecular weight excluding hydrogens is 277 g/mol. The third-order valence-electron chi connectivity index (χ3n) is 2.07. The second-order valence-electron chi connectivity index (χ2n) is 3.26. The van der Waals surface area contributed by atoms with E-state index >= 15 is 0 Å². The molecule has 0 saturated heterocycles. The Morgan fingerprint density at radius 3 is 2.80 bits per heavy atom. The fourth-order valence-corrected chi connectivity index (χ4v) is 1.67. The van der Waals surface area contributed by atoms with E-state index in [-0.39, 0.29) is 5.91 Å². The highest BCUT2D eigenvalue weighted by Gasteiger charge is 2.11. The number of nitrogens with one attached hydrogen (secondary N) is 1. The topological polar surface area (TPSA) is 29.1 Å². The van der Waals surface area contributed by atoms with Crippen LogP contribution < -0.4 is 5.32 Å². The van der Waals surface area contributed by atoms with E-state index in [0.29, 0.717) is 0 Å². The first-order valence-electron chi connectivity index (χ1n) is 4.78. The number of benzene rings is 1. The summed E-state index contributed by atoms with van der Waals surface area (Å²) in [4.78, 5) is 11.4. The maximum atomic E-state index is 11.4. The van der Waals surface area contributed by atoms with Gasteiger partial charge in [-0.2, -0.15) is 0 Å². The molecule has 1 aromatic rings. The lowest BCUT2D eigenvalue weighted by Crippen LogP contribution is -2.21. The van der Waals surface area contributed by atoms with Crippen molar-refractivity contribution >= 4 is 39.1 Å². The van der Waals surface area contributed by atoms with Gasteiger partial charge in [-0.15, -0.1) is 11.6 Å². The zero-order valence-corrected chi connectivity index (χ0v) is 11.0. The van der Waals surface area contributed by atoms with Crippen LogP contribution in [0.15, 0.2) is 22.7 Å². The molecule has 0 spiro atoms. The summed E-state index contributed by atoms with van der Waals surface area (Å²) in [6.45, 7) is 3.70. The molecule has 0 aliphatic rings. The van der Waals surface area contributed by atoms with E-state index in [2.05, 4.69) is 21.2 Å². The number of hydrogen-bond donors (Lipinski definition) is 1. The van der Waals surface area contributed by atoms with Crippen molar-refractivity contribution in [2.75, 3.05) is 5.32 Å². The Hall–Kier alpha value is -0.540. The number of alkyl halides is 1. The van der Waals surface area contributed by atoms with Crippen LogP contribution in [-0.2, 0) is 11.2 Å². The van der Waals surface area contributed by atoms with E-state index in [0.717, 1.165) is 22.1 Å². The van der Waals surface area contributed by atoms with Crippen molar-refractivity contribution in [3.05, 3.63) is 28.2 Å². The van der Waals surface area contributed by atoms with E-state index in [1.807, 2.05) is 25.1 Å². The van der Waals surface area contributed by atoms with Crippen LogP contribution in [0.5, 0.6) is 0 Å². The molecule has 1 rings (SSSR count). The lowest BCUT2D eigenvalue weighted by Gasteiger charge is -2.11. The van der Waals surface area contributed by atoms with Gasteiger partial charge in [0.1, 0.15) is 5.38 Å². The first-order chi connectivity index (χ1) is 7.04. The Bertz CT molecular complexity index is 366. The first kappa shape index (κ1) is 12.5. The summed E-state index contributed by atoms with van der Waals surface area (Å²) in [5.41, 5.74) is 1.92. The molecule has 0 fully saturated rings. The molecule has 1 aromatic carbocycles. The molecule has 0 radical (unpaired) electrons. The number of halogens is 2. The molecule has 1 N–H and O–H groups in total. The van der Waals surface area contributed by atoms with Gasteiger partial charge in [0.05, 0.1) is 0 Å². The fraction of sp³-hybridized carbons (Fsp3) is 0.364. The highest BCUT2D eigenvalue weighted by Crippen LogP contribution is 2.21. The van der Waals surface area contributed by atoms with Crippen LogP contribution in [0.2, 0.25) is 0 Å². The molecule has 0 aromatic heterocycles. The van der Waals surface area contributed by atoms with E-state index in [4.69, 9.17) is 11.6 Å². The summed E-state index contributed by atoms with van der Waals surface area (Å²) in [5.74, 6) is -0.173. The van der Waals surface area contributed by atoms with E-state index in [1.54, 1.807) is 6.92 Å². The van der Waals surface area contributed by atoms with Gasteiger partial charge >= 0.3 is 0 Å². The second kappa shape index (κ2) is 5.52. The van der Waals surface area contributed by atoms with Crippen molar-refractivity contribution in [1.82, 2.24) is 0 Å². The monoisotopic (exact) mass is 289 g/mol. The predicted octanol–water partition coefficient (Wildman–Crippen LogP) is 3.58. The van der Waals surface area contributed by atoms with Crippen molar-refractivity contribution < 1.29 is 4.79 Å². The maximum absolute atomic E-state index is 11.4. The minimum atomic E-state index is -0.515. The molecule has 0 saturated carbocycles. The number of rotatable bonds is 3. The molecule has 0 unspecified atom stereocenters. The summed E-state index contributed by atoms with van der Waals surface area (Å²) in [7, 11) is 0. The minimum Gasteiger partial charge on any atom is -0.325 e. The van der Waals surface area contributed by atoms with Crippen LogP contribution in [0, 0.1) is 0 Å². The van der Waals surface area contributed by atoms with Crippen molar-refractivity contribution in [2.24, 2.45) is 0 Å². The van der Waals surface area contributed by atoms with Crippen LogP contribution in [0.4, 0.5) is 5.69 Å². The summed E-state index contributed by atoms with van der Waals surface area (Å²) in [6, 6.07) is 5.77. The Balaban J connectivity index is 2.89. The van der Waals surface area contributed by atoms with Gasteiger partial charge in [-0.3, -0.25) is 4.79 Å². The van der Waals surface area contributed by atoms with E-state index < -0.39 is 5.38 Å². The largest absolute Gasteiger partial charge is 0.325 e. The van der Waals surface area contributed by atoms with Gasteiger partial charge in [-0.05, 0) is 37.1 Å². The van der Waals surface area contributed by atoms with Gasteiger partial charge in [-0.25, -0.2) is 0 Å². The molecule has 1 atom stereocenters. The van der Waals surface area contributed by atoms with Crippen LogP contribution >= 0.6 is 27.5 Å². The third-order valence-corrected chi connectivity index (χ3v) is 2.76. The molecule has 0 bridgehead atoms. The van der Waals surface area contributed by atoms with Crippen molar-refractivity contribution in [1.29, 1.82) is 0 Å². The van der Waals surface area contributed by atoms with Crippen molar-refractivity contribution in [3.8, 4) is 0 Å². The molecule has 4 heteroatoms. The quantitative estimate of drug-likeness (QED) is 0.847. The Morgan fingerprint density at radius 1 is 1.60 bits per heavy atom. The Morgan fingerprint density at radius 2 is 2.27 bits per heavy atom. The fourth-order valence-electron chi connectivity index (χ4n) is 1.21. The lowest BCUT2D eigenvalue weighted by molar-refractivity contribution is -0.115. The number of amides is 1. The molecule has 2 nitrogen and oxygen atoms in total. The predicted molar refractivity (Wildman–Crippen MR) is 67.5 cm³/mol. The maximum Gasteiger partial charge on any atom is 0.242 e. The zero-order chi connectivity index (χ0) is 11.4. The molecule has 1 amide bonds. The van der Waals surface area contributed by atoms with Gasteiger partial charge in [0, 0.05) is 10.2 Å².